The number of hydrogen-bond donors (Lipinski definition) is 1. The van der Waals surface area contributed by atoms with Gasteiger partial charge in [0.25, 0.3) is 5.91 Å². The first kappa shape index (κ1) is 18.9. The van der Waals surface area contributed by atoms with Gasteiger partial charge in [0.15, 0.2) is 0 Å². The van der Waals surface area contributed by atoms with E-state index in [1.54, 1.807) is 11.0 Å². The van der Waals surface area contributed by atoms with Gasteiger partial charge in [-0.25, -0.2) is 13.8 Å². The Morgan fingerprint density at radius 1 is 1.25 bits per heavy atom. The molecule has 1 saturated carbocycles. The zero-order chi connectivity index (χ0) is 20.0. The Morgan fingerprint density at radius 2 is 2.04 bits per heavy atom. The van der Waals surface area contributed by atoms with Crippen molar-refractivity contribution in [3.05, 3.63) is 17.8 Å². The zero-order valence-corrected chi connectivity index (χ0v) is 15.7. The molecule has 0 radical (unpaired) electrons. The van der Waals surface area contributed by atoms with Crippen LogP contribution in [0.15, 0.2) is 12.3 Å². The number of ether oxygens (including phenoxy) is 2. The number of amides is 2. The van der Waals surface area contributed by atoms with Crippen LogP contribution in [0, 0.1) is 11.8 Å². The van der Waals surface area contributed by atoms with Crippen molar-refractivity contribution in [2.45, 2.75) is 50.2 Å². The smallest absolute Gasteiger partial charge is 0.263 e. The molecular weight excluding hydrogens is 372 g/mol. The van der Waals surface area contributed by atoms with Gasteiger partial charge >= 0.3 is 0 Å². The summed E-state index contributed by atoms with van der Waals surface area (Å²) < 4.78 is 36.0. The summed E-state index contributed by atoms with van der Waals surface area (Å²) in [6.45, 7) is 0. The fourth-order valence-electron chi connectivity index (χ4n) is 4.62. The van der Waals surface area contributed by atoms with Gasteiger partial charge in [-0.1, -0.05) is 0 Å². The van der Waals surface area contributed by atoms with Crippen LogP contribution in [0.5, 0.6) is 11.6 Å². The Balaban J connectivity index is 1.50. The van der Waals surface area contributed by atoms with Gasteiger partial charge in [0.1, 0.15) is 11.3 Å². The number of rotatable bonds is 6. The molecule has 0 spiro atoms. The summed E-state index contributed by atoms with van der Waals surface area (Å²) in [5.41, 5.74) is 0.260. The summed E-state index contributed by atoms with van der Waals surface area (Å²) in [4.78, 5) is 31.5. The van der Waals surface area contributed by atoms with Crippen molar-refractivity contribution in [2.75, 3.05) is 14.2 Å². The van der Waals surface area contributed by atoms with E-state index in [0.717, 1.165) is 12.8 Å². The summed E-state index contributed by atoms with van der Waals surface area (Å²) >= 11 is 0. The lowest BCUT2D eigenvalue weighted by Crippen LogP contribution is -2.46. The minimum Gasteiger partial charge on any atom is -0.496 e. The van der Waals surface area contributed by atoms with E-state index < -0.39 is 18.3 Å². The molecule has 1 aromatic rings. The third-order valence-corrected chi connectivity index (χ3v) is 6.10. The molecule has 1 N–H and O–H groups in total. The van der Waals surface area contributed by atoms with Crippen molar-refractivity contribution in [3.63, 3.8) is 0 Å². The maximum absolute atomic E-state index is 13.3. The highest BCUT2D eigenvalue weighted by molar-refractivity contribution is 6.00. The fraction of sp³-hybridized carbons (Fsp3) is 0.632. The predicted molar refractivity (Wildman–Crippen MR) is 94.5 cm³/mol. The zero-order valence-electron chi connectivity index (χ0n) is 15.7. The third-order valence-electron chi connectivity index (χ3n) is 6.10. The van der Waals surface area contributed by atoms with Gasteiger partial charge in [-0.2, -0.15) is 0 Å². The predicted octanol–water partition coefficient (Wildman–Crippen LogP) is 1.86. The lowest BCUT2D eigenvalue weighted by Gasteiger charge is -2.26. The van der Waals surface area contributed by atoms with E-state index in [1.165, 1.54) is 20.4 Å². The summed E-state index contributed by atoms with van der Waals surface area (Å²) in [5.74, 6) is -1.45. The van der Waals surface area contributed by atoms with Crippen LogP contribution in [-0.4, -0.2) is 60.5 Å². The Hall–Kier alpha value is -2.45. The average Bonchev–Trinajstić information content (AvgIpc) is 3.32. The molecule has 3 heterocycles. The van der Waals surface area contributed by atoms with Gasteiger partial charge in [-0.3, -0.25) is 9.59 Å². The first-order valence-corrected chi connectivity index (χ1v) is 9.44. The van der Waals surface area contributed by atoms with Crippen LogP contribution in [0.25, 0.3) is 0 Å². The number of nitrogens with one attached hydrogen (secondary N) is 1. The van der Waals surface area contributed by atoms with E-state index in [9.17, 15) is 18.4 Å². The fourth-order valence-corrected chi connectivity index (χ4v) is 4.62. The number of nitrogens with zero attached hydrogens (tertiary/aromatic N) is 2. The number of hydrogen-bond acceptors (Lipinski definition) is 5. The van der Waals surface area contributed by atoms with Crippen LogP contribution >= 0.6 is 0 Å². The molecule has 2 bridgehead atoms. The second-order valence-corrected chi connectivity index (χ2v) is 7.60. The normalized spacial score (nSPS) is 30.5. The van der Waals surface area contributed by atoms with Crippen LogP contribution < -0.4 is 14.8 Å². The molecule has 1 aromatic heterocycles. The minimum atomic E-state index is -2.46. The molecule has 3 aliphatic rings. The van der Waals surface area contributed by atoms with Crippen molar-refractivity contribution in [1.29, 1.82) is 0 Å². The van der Waals surface area contributed by atoms with Crippen LogP contribution in [0.1, 0.15) is 36.0 Å². The van der Waals surface area contributed by atoms with E-state index in [4.69, 9.17) is 9.47 Å². The van der Waals surface area contributed by atoms with Gasteiger partial charge in [-0.15, -0.1) is 0 Å². The van der Waals surface area contributed by atoms with Crippen LogP contribution in [0.3, 0.4) is 0 Å². The second-order valence-electron chi connectivity index (χ2n) is 7.60. The maximum Gasteiger partial charge on any atom is 0.263 e. The topological polar surface area (TPSA) is 80.8 Å². The van der Waals surface area contributed by atoms with Crippen molar-refractivity contribution in [1.82, 2.24) is 15.2 Å². The lowest BCUT2D eigenvalue weighted by molar-refractivity contribution is -0.124. The first-order valence-electron chi connectivity index (χ1n) is 9.44. The number of carbonyl (C=O) groups is 2. The Labute approximate surface area is 161 Å². The molecule has 1 aliphatic carbocycles. The van der Waals surface area contributed by atoms with E-state index in [-0.39, 0.29) is 47.8 Å². The molecule has 152 valence electrons. The third kappa shape index (κ3) is 3.06. The van der Waals surface area contributed by atoms with E-state index in [1.807, 2.05) is 0 Å². The van der Waals surface area contributed by atoms with Crippen LogP contribution in [0.2, 0.25) is 0 Å². The molecule has 9 heteroatoms. The van der Waals surface area contributed by atoms with Crippen LogP contribution in [0.4, 0.5) is 8.78 Å². The molecule has 0 aromatic carbocycles. The highest BCUT2D eigenvalue weighted by Gasteiger charge is 2.53. The number of carbonyl (C=O) groups excluding carboxylic acids is 2. The Kier molecular flexibility index (Phi) is 4.84. The van der Waals surface area contributed by atoms with Crippen molar-refractivity contribution in [2.24, 2.45) is 11.8 Å². The molecule has 3 fully saturated rings. The first-order chi connectivity index (χ1) is 13.5. The Bertz CT molecular complexity index is 768. The number of fused-ring (bicyclic) bond motifs is 2. The molecule has 28 heavy (non-hydrogen) atoms. The summed E-state index contributed by atoms with van der Waals surface area (Å²) in [7, 11) is 2.91. The molecule has 7 nitrogen and oxygen atoms in total. The van der Waals surface area contributed by atoms with Crippen molar-refractivity contribution < 1.29 is 27.8 Å². The molecule has 5 atom stereocenters. The summed E-state index contributed by atoms with van der Waals surface area (Å²) in [6.07, 6.45) is 1.51. The van der Waals surface area contributed by atoms with Gasteiger partial charge in [-0.05, 0) is 31.7 Å². The Morgan fingerprint density at radius 3 is 2.68 bits per heavy atom. The molecule has 2 amide bonds. The van der Waals surface area contributed by atoms with Crippen molar-refractivity contribution >= 4 is 11.8 Å². The van der Waals surface area contributed by atoms with Gasteiger partial charge in [0.2, 0.25) is 18.2 Å². The molecular formula is C19H23F2N3O4. The minimum absolute atomic E-state index is 0.0116. The molecule has 2 aliphatic heterocycles. The number of methoxy groups -OCH3 is 2. The highest BCUT2D eigenvalue weighted by atomic mass is 19.3. The summed E-state index contributed by atoms with van der Waals surface area (Å²) in [5, 5.41) is 2.91. The van der Waals surface area contributed by atoms with Crippen LogP contribution in [-0.2, 0) is 4.79 Å². The lowest BCUT2D eigenvalue weighted by atomic mass is 9.95. The van der Waals surface area contributed by atoms with Gasteiger partial charge in [0, 0.05) is 24.1 Å². The summed E-state index contributed by atoms with van der Waals surface area (Å²) in [6, 6.07) is 1.20. The number of aromatic nitrogens is 1. The van der Waals surface area contributed by atoms with E-state index >= 15 is 0 Å². The quantitative estimate of drug-likeness (QED) is 0.795. The van der Waals surface area contributed by atoms with Crippen molar-refractivity contribution in [3.8, 4) is 11.6 Å². The second kappa shape index (κ2) is 7.18. The van der Waals surface area contributed by atoms with Gasteiger partial charge < -0.3 is 19.7 Å². The maximum atomic E-state index is 13.3. The number of pyridine rings is 1. The van der Waals surface area contributed by atoms with E-state index in [2.05, 4.69) is 10.3 Å². The van der Waals surface area contributed by atoms with Gasteiger partial charge in [0.05, 0.1) is 26.3 Å². The standard InChI is InChI=1S/C19H23F2N3O4/c1-27-14-5-6-22-18(28-2)15(14)19(26)24-9-3-4-13(24)12(7-9)23-17(25)11-8-10(11)16(20)21/h5-6,9-13,16H,3-4,7-8H2,1-2H3,(H,23,25)/t9-,10+,11+,12+,13+/m1/s1. The SMILES string of the molecule is COc1ccnc(OC)c1C(=O)N1[C@@H]2CC[C@H]1[C@@H](NC(=O)[C@H]1C[C@@H]1C(F)F)C2. The number of halogens is 2. The molecule has 4 rings (SSSR count). The highest BCUT2D eigenvalue weighted by Crippen LogP contribution is 2.45. The average molecular weight is 395 g/mol. The monoisotopic (exact) mass is 395 g/mol. The molecule has 0 unspecified atom stereocenters. The van der Waals surface area contributed by atoms with E-state index in [0.29, 0.717) is 12.2 Å². The molecule has 2 saturated heterocycles. The number of alkyl halides is 2. The largest absolute Gasteiger partial charge is 0.496 e.